The van der Waals surface area contributed by atoms with Crippen molar-refractivity contribution in [1.82, 2.24) is 9.80 Å². The van der Waals surface area contributed by atoms with E-state index in [2.05, 4.69) is 4.90 Å². The van der Waals surface area contributed by atoms with Gasteiger partial charge in [0.05, 0.1) is 11.2 Å². The molecule has 1 unspecified atom stereocenters. The lowest BCUT2D eigenvalue weighted by atomic mass is 9.73. The van der Waals surface area contributed by atoms with Gasteiger partial charge in [0, 0.05) is 43.5 Å². The monoisotopic (exact) mass is 398 g/mol. The molecule has 2 saturated heterocycles. The summed E-state index contributed by atoms with van der Waals surface area (Å²) in [5, 5.41) is 0.686. The minimum absolute atomic E-state index is 0.0743. The molecule has 1 atom stereocenters. The third-order valence-electron chi connectivity index (χ3n) is 5.48. The van der Waals surface area contributed by atoms with E-state index in [1.807, 2.05) is 36.1 Å². The van der Waals surface area contributed by atoms with E-state index in [4.69, 9.17) is 11.6 Å². The summed E-state index contributed by atoms with van der Waals surface area (Å²) in [6, 6.07) is 7.59. The minimum Gasteiger partial charge on any atom is -0.342 e. The van der Waals surface area contributed by atoms with Crippen LogP contribution < -0.4 is 0 Å². The van der Waals surface area contributed by atoms with Crippen LogP contribution in [0.5, 0.6) is 0 Å². The summed E-state index contributed by atoms with van der Waals surface area (Å²) in [5.41, 5.74) is 0.640. The van der Waals surface area contributed by atoms with Crippen LogP contribution in [-0.2, 0) is 21.1 Å². The van der Waals surface area contributed by atoms with Crippen molar-refractivity contribution in [2.75, 3.05) is 38.2 Å². The Labute approximate surface area is 161 Å². The van der Waals surface area contributed by atoms with Gasteiger partial charge in [0.25, 0.3) is 0 Å². The van der Waals surface area contributed by atoms with E-state index >= 15 is 0 Å². The van der Waals surface area contributed by atoms with E-state index in [1.165, 1.54) is 6.26 Å². The predicted octanol–water partition coefficient (Wildman–Crippen LogP) is 2.24. The molecule has 0 aliphatic carbocycles. The Morgan fingerprint density at radius 3 is 2.31 bits per heavy atom. The molecular formula is C19H27ClN2O3S. The first-order valence-electron chi connectivity index (χ1n) is 9.14. The number of benzene rings is 1. The number of likely N-dealkylation sites (tertiary alicyclic amines) is 2. The van der Waals surface area contributed by atoms with Gasteiger partial charge in [0.1, 0.15) is 9.84 Å². The third-order valence-corrected chi connectivity index (χ3v) is 6.82. The van der Waals surface area contributed by atoms with Gasteiger partial charge >= 0.3 is 0 Å². The molecule has 26 heavy (non-hydrogen) atoms. The normalized spacial score (nSPS) is 21.4. The molecule has 0 N–H and O–H groups in total. The lowest BCUT2D eigenvalue weighted by Gasteiger charge is -2.52. The maximum atomic E-state index is 13.2. The quantitative estimate of drug-likeness (QED) is 0.737. The van der Waals surface area contributed by atoms with Crippen molar-refractivity contribution in [1.29, 1.82) is 0 Å². The average molecular weight is 399 g/mol. The van der Waals surface area contributed by atoms with Crippen LogP contribution in [0, 0.1) is 5.41 Å². The molecule has 144 valence electrons. The molecule has 0 bridgehead atoms. The maximum Gasteiger partial charge on any atom is 0.231 e. The minimum atomic E-state index is -3.03. The van der Waals surface area contributed by atoms with E-state index < -0.39 is 15.3 Å². The van der Waals surface area contributed by atoms with E-state index in [1.54, 1.807) is 0 Å². The van der Waals surface area contributed by atoms with Crippen LogP contribution in [0.25, 0.3) is 0 Å². The second-order valence-corrected chi connectivity index (χ2v) is 10.6. The fraction of sp³-hybridized carbons (Fsp3) is 0.632. The Hall–Kier alpha value is -1.11. The van der Waals surface area contributed by atoms with Gasteiger partial charge in [0.2, 0.25) is 5.91 Å². The van der Waals surface area contributed by atoms with E-state index in [9.17, 15) is 13.2 Å². The molecule has 0 spiro atoms. The molecule has 0 saturated carbocycles. The van der Waals surface area contributed by atoms with Gasteiger partial charge in [-0.05, 0) is 43.9 Å². The zero-order chi connectivity index (χ0) is 18.9. The Morgan fingerprint density at radius 2 is 1.77 bits per heavy atom. The number of nitrogens with zero attached hydrogens (tertiary/aromatic N) is 2. The molecule has 1 aromatic rings. The lowest BCUT2D eigenvalue weighted by Crippen LogP contribution is -2.67. The Kier molecular flexibility index (Phi) is 5.66. The van der Waals surface area contributed by atoms with Crippen LogP contribution in [0.2, 0.25) is 5.02 Å². The van der Waals surface area contributed by atoms with Crippen molar-refractivity contribution in [3.05, 3.63) is 34.9 Å². The lowest BCUT2D eigenvalue weighted by molar-refractivity contribution is -0.154. The fourth-order valence-corrected chi connectivity index (χ4v) is 5.37. The number of rotatable bonds is 6. The number of carbonyl (C=O) groups is 1. The predicted molar refractivity (Wildman–Crippen MR) is 104 cm³/mol. The zero-order valence-electron chi connectivity index (χ0n) is 15.4. The van der Waals surface area contributed by atoms with Crippen LogP contribution in [0.3, 0.4) is 0 Å². The molecule has 1 amide bonds. The standard InChI is InChI=1S/C19H27ClN2O3S/c1-15(12-26(2,24)25)22-13-19(14-22,18(23)21-9-3-4-10-21)11-16-5-7-17(20)8-6-16/h5-8,15H,3-4,9-14H2,1-2H3. The molecule has 3 rings (SSSR count). The van der Waals surface area contributed by atoms with Crippen molar-refractivity contribution in [2.45, 2.75) is 32.2 Å². The summed E-state index contributed by atoms with van der Waals surface area (Å²) < 4.78 is 23.2. The van der Waals surface area contributed by atoms with Crippen LogP contribution in [0.15, 0.2) is 24.3 Å². The highest BCUT2D eigenvalue weighted by molar-refractivity contribution is 7.90. The van der Waals surface area contributed by atoms with Gasteiger partial charge in [-0.2, -0.15) is 0 Å². The van der Waals surface area contributed by atoms with Gasteiger partial charge in [-0.15, -0.1) is 0 Å². The third kappa shape index (κ3) is 4.41. The molecule has 2 aliphatic heterocycles. The summed E-state index contributed by atoms with van der Waals surface area (Å²) in [7, 11) is -3.03. The maximum absolute atomic E-state index is 13.2. The number of hydrogen-bond acceptors (Lipinski definition) is 4. The highest BCUT2D eigenvalue weighted by atomic mass is 35.5. The topological polar surface area (TPSA) is 57.7 Å². The summed E-state index contributed by atoms with van der Waals surface area (Å²) in [5.74, 6) is 0.342. The molecule has 2 heterocycles. The first-order valence-corrected chi connectivity index (χ1v) is 11.6. The summed E-state index contributed by atoms with van der Waals surface area (Å²) in [6.45, 7) is 4.82. The van der Waals surface area contributed by atoms with Crippen molar-refractivity contribution in [2.24, 2.45) is 5.41 Å². The number of hydrogen-bond donors (Lipinski definition) is 0. The summed E-state index contributed by atoms with van der Waals surface area (Å²) in [4.78, 5) is 17.3. The van der Waals surface area contributed by atoms with Crippen molar-refractivity contribution in [3.63, 3.8) is 0 Å². The zero-order valence-corrected chi connectivity index (χ0v) is 17.0. The smallest absolute Gasteiger partial charge is 0.231 e. The van der Waals surface area contributed by atoms with Crippen LogP contribution in [0.1, 0.15) is 25.3 Å². The molecule has 1 aromatic carbocycles. The molecular weight excluding hydrogens is 372 g/mol. The van der Waals surface area contributed by atoms with Gasteiger partial charge in [-0.3, -0.25) is 9.69 Å². The molecule has 7 heteroatoms. The van der Waals surface area contributed by atoms with Crippen LogP contribution in [0.4, 0.5) is 0 Å². The first-order chi connectivity index (χ1) is 12.2. The number of halogens is 1. The SMILES string of the molecule is CC(CS(C)(=O)=O)N1CC(Cc2ccc(Cl)cc2)(C(=O)N2CCCC2)C1. The van der Waals surface area contributed by atoms with Crippen molar-refractivity contribution < 1.29 is 13.2 Å². The first kappa shape index (κ1) is 19.6. The Morgan fingerprint density at radius 1 is 1.19 bits per heavy atom. The van der Waals surface area contributed by atoms with Crippen LogP contribution in [-0.4, -0.2) is 68.4 Å². The largest absolute Gasteiger partial charge is 0.342 e. The number of sulfone groups is 1. The van der Waals surface area contributed by atoms with Gasteiger partial charge < -0.3 is 4.90 Å². The van der Waals surface area contributed by atoms with E-state index in [0.29, 0.717) is 24.5 Å². The van der Waals surface area contributed by atoms with Crippen molar-refractivity contribution in [3.8, 4) is 0 Å². The van der Waals surface area contributed by atoms with Gasteiger partial charge in [-0.1, -0.05) is 23.7 Å². The Balaban J connectivity index is 1.75. The number of carbonyl (C=O) groups excluding carboxylic acids is 1. The molecule has 0 radical (unpaired) electrons. The van der Waals surface area contributed by atoms with Crippen LogP contribution >= 0.6 is 11.6 Å². The van der Waals surface area contributed by atoms with Crippen molar-refractivity contribution >= 4 is 27.3 Å². The highest BCUT2D eigenvalue weighted by Crippen LogP contribution is 2.38. The molecule has 2 aliphatic rings. The molecule has 2 fully saturated rings. The second kappa shape index (κ2) is 7.49. The van der Waals surface area contributed by atoms with E-state index in [-0.39, 0.29) is 17.7 Å². The Bertz CT molecular complexity index is 751. The van der Waals surface area contributed by atoms with Gasteiger partial charge in [0.15, 0.2) is 0 Å². The van der Waals surface area contributed by atoms with Gasteiger partial charge in [-0.25, -0.2) is 8.42 Å². The molecule has 0 aromatic heterocycles. The average Bonchev–Trinajstić information content (AvgIpc) is 3.04. The summed E-state index contributed by atoms with van der Waals surface area (Å²) in [6.07, 6.45) is 4.06. The van der Waals surface area contributed by atoms with E-state index in [0.717, 1.165) is 31.5 Å². The fourth-order valence-electron chi connectivity index (χ4n) is 4.16. The second-order valence-electron chi connectivity index (χ2n) is 7.93. The summed E-state index contributed by atoms with van der Waals surface area (Å²) >= 11 is 5.98. The number of amides is 1. The molecule has 5 nitrogen and oxygen atoms in total. The highest BCUT2D eigenvalue weighted by Gasteiger charge is 2.52.